The summed E-state index contributed by atoms with van der Waals surface area (Å²) in [5.41, 5.74) is 1.11. The minimum Gasteiger partial charge on any atom is -0.465 e. The maximum Gasteiger partial charge on any atom is 0.118 e. The van der Waals surface area contributed by atoms with Gasteiger partial charge in [-0.25, -0.2) is 0 Å². The van der Waals surface area contributed by atoms with E-state index in [0.717, 1.165) is 49.6 Å². The smallest absolute Gasteiger partial charge is 0.118 e. The molecule has 2 aliphatic rings. The minimum atomic E-state index is 0.159. The predicted octanol–water partition coefficient (Wildman–Crippen LogP) is 2.93. The van der Waals surface area contributed by atoms with Crippen molar-refractivity contribution in [2.24, 2.45) is 0 Å². The van der Waals surface area contributed by atoms with E-state index < -0.39 is 0 Å². The molecule has 0 unspecified atom stereocenters. The zero-order valence-electron chi connectivity index (χ0n) is 14.1. The third kappa shape index (κ3) is 3.38. The van der Waals surface area contributed by atoms with Gasteiger partial charge in [-0.2, -0.15) is 0 Å². The Labute approximate surface area is 142 Å². The highest BCUT2D eigenvalue weighted by molar-refractivity contribution is 5.08. The Balaban J connectivity index is 1.37. The van der Waals surface area contributed by atoms with Crippen LogP contribution in [-0.4, -0.2) is 41.3 Å². The van der Waals surface area contributed by atoms with E-state index in [0.29, 0.717) is 12.6 Å². The summed E-state index contributed by atoms with van der Waals surface area (Å²) in [5, 5.41) is 0. The molecule has 0 bridgehead atoms. The molecule has 128 valence electrons. The predicted molar refractivity (Wildman–Crippen MR) is 89.4 cm³/mol. The number of ether oxygens (including phenoxy) is 2. The van der Waals surface area contributed by atoms with Gasteiger partial charge >= 0.3 is 0 Å². The standard InChI is InChI=1S/C19H24N2O3/c1-14-4-5-16(24-14)12-21-9-10-22-19-17(21)6-7-18(19)23-13-15-3-2-8-20-11-15/h2-5,8,11,17-19H,6-7,9-10,12-13H2,1H3/t17-,18+,19+/m0/s1. The van der Waals surface area contributed by atoms with E-state index in [1.165, 1.54) is 0 Å². The van der Waals surface area contributed by atoms with Gasteiger partial charge in [-0.3, -0.25) is 9.88 Å². The second-order valence-electron chi connectivity index (χ2n) is 6.67. The summed E-state index contributed by atoms with van der Waals surface area (Å²) < 4.78 is 18.0. The number of rotatable bonds is 5. The fourth-order valence-corrected chi connectivity index (χ4v) is 3.82. The number of hydrogen-bond acceptors (Lipinski definition) is 5. The van der Waals surface area contributed by atoms with Crippen molar-refractivity contribution in [3.05, 3.63) is 53.7 Å². The molecular formula is C19H24N2O3. The fraction of sp³-hybridized carbons (Fsp3) is 0.526. The summed E-state index contributed by atoms with van der Waals surface area (Å²) in [6.07, 6.45) is 6.13. The number of aromatic nitrogens is 1. The lowest BCUT2D eigenvalue weighted by atomic mass is 10.1. The SMILES string of the molecule is Cc1ccc(CN2CCO[C@H]3[C@H](OCc4cccnc4)CC[C@@H]32)o1. The highest BCUT2D eigenvalue weighted by atomic mass is 16.5. The largest absolute Gasteiger partial charge is 0.465 e. The first-order valence-electron chi connectivity index (χ1n) is 8.71. The normalized spacial score (nSPS) is 27.3. The zero-order valence-corrected chi connectivity index (χ0v) is 14.1. The molecule has 3 atom stereocenters. The molecule has 3 heterocycles. The van der Waals surface area contributed by atoms with Crippen molar-refractivity contribution >= 4 is 0 Å². The molecule has 4 rings (SSSR count). The summed E-state index contributed by atoms with van der Waals surface area (Å²) in [6, 6.07) is 8.52. The van der Waals surface area contributed by atoms with Gasteiger partial charge in [0.15, 0.2) is 0 Å². The van der Waals surface area contributed by atoms with Crippen molar-refractivity contribution in [1.29, 1.82) is 0 Å². The van der Waals surface area contributed by atoms with Crippen molar-refractivity contribution in [3.63, 3.8) is 0 Å². The lowest BCUT2D eigenvalue weighted by molar-refractivity contribution is -0.119. The van der Waals surface area contributed by atoms with Gasteiger partial charge in [0.1, 0.15) is 11.5 Å². The van der Waals surface area contributed by atoms with Gasteiger partial charge in [-0.15, -0.1) is 0 Å². The van der Waals surface area contributed by atoms with E-state index >= 15 is 0 Å². The Morgan fingerprint density at radius 2 is 2.25 bits per heavy atom. The molecule has 0 spiro atoms. The average molecular weight is 328 g/mol. The van der Waals surface area contributed by atoms with Gasteiger partial charge in [-0.05, 0) is 43.5 Å². The molecule has 0 N–H and O–H groups in total. The van der Waals surface area contributed by atoms with Gasteiger partial charge in [0.05, 0.1) is 32.0 Å². The van der Waals surface area contributed by atoms with E-state index in [4.69, 9.17) is 13.9 Å². The zero-order chi connectivity index (χ0) is 16.4. The molecule has 2 aromatic rings. The summed E-state index contributed by atoms with van der Waals surface area (Å²) in [6.45, 7) is 5.16. The number of aryl methyl sites for hydroxylation is 1. The number of fused-ring (bicyclic) bond motifs is 1. The Hall–Kier alpha value is -1.69. The van der Waals surface area contributed by atoms with Crippen LogP contribution in [0.2, 0.25) is 0 Å². The third-order valence-electron chi connectivity index (χ3n) is 4.99. The van der Waals surface area contributed by atoms with Crippen LogP contribution in [0.25, 0.3) is 0 Å². The van der Waals surface area contributed by atoms with Crippen LogP contribution in [0.15, 0.2) is 41.1 Å². The van der Waals surface area contributed by atoms with E-state index in [1.807, 2.05) is 31.3 Å². The molecule has 1 saturated heterocycles. The highest BCUT2D eigenvalue weighted by Gasteiger charge is 2.43. The van der Waals surface area contributed by atoms with E-state index in [-0.39, 0.29) is 12.2 Å². The molecule has 1 aliphatic carbocycles. The summed E-state index contributed by atoms with van der Waals surface area (Å²) in [4.78, 5) is 6.63. The van der Waals surface area contributed by atoms with Crippen LogP contribution in [0.5, 0.6) is 0 Å². The molecule has 5 heteroatoms. The Morgan fingerprint density at radius 1 is 1.29 bits per heavy atom. The lowest BCUT2D eigenvalue weighted by Crippen LogP contribution is -2.51. The molecule has 0 aromatic carbocycles. The summed E-state index contributed by atoms with van der Waals surface area (Å²) in [7, 11) is 0. The van der Waals surface area contributed by atoms with Crippen molar-refractivity contribution in [2.45, 2.75) is 51.2 Å². The molecule has 0 radical (unpaired) electrons. The number of furan rings is 1. The highest BCUT2D eigenvalue weighted by Crippen LogP contribution is 2.33. The van der Waals surface area contributed by atoms with Gasteiger partial charge < -0.3 is 13.9 Å². The first kappa shape index (κ1) is 15.8. The van der Waals surface area contributed by atoms with Crippen molar-refractivity contribution < 1.29 is 13.9 Å². The van der Waals surface area contributed by atoms with Gasteiger partial charge in [-0.1, -0.05) is 6.07 Å². The molecular weight excluding hydrogens is 304 g/mol. The van der Waals surface area contributed by atoms with E-state index in [1.54, 1.807) is 6.20 Å². The van der Waals surface area contributed by atoms with Gasteiger partial charge in [0.25, 0.3) is 0 Å². The van der Waals surface area contributed by atoms with Crippen LogP contribution in [0, 0.1) is 6.92 Å². The summed E-state index contributed by atoms with van der Waals surface area (Å²) >= 11 is 0. The van der Waals surface area contributed by atoms with Crippen LogP contribution in [0.4, 0.5) is 0 Å². The number of nitrogens with zero attached hydrogens (tertiary/aromatic N) is 2. The lowest BCUT2D eigenvalue weighted by Gasteiger charge is -2.38. The Bertz CT molecular complexity index is 658. The summed E-state index contributed by atoms with van der Waals surface area (Å²) in [5.74, 6) is 2.01. The fourth-order valence-electron chi connectivity index (χ4n) is 3.82. The van der Waals surface area contributed by atoms with Crippen molar-refractivity contribution in [1.82, 2.24) is 9.88 Å². The molecule has 5 nitrogen and oxygen atoms in total. The first-order chi connectivity index (χ1) is 11.8. The quantitative estimate of drug-likeness (QED) is 0.844. The van der Waals surface area contributed by atoms with Gasteiger partial charge in [0.2, 0.25) is 0 Å². The van der Waals surface area contributed by atoms with Crippen LogP contribution < -0.4 is 0 Å². The topological polar surface area (TPSA) is 47.7 Å². The second-order valence-corrected chi connectivity index (χ2v) is 6.67. The van der Waals surface area contributed by atoms with Crippen molar-refractivity contribution in [3.8, 4) is 0 Å². The van der Waals surface area contributed by atoms with Crippen molar-refractivity contribution in [2.75, 3.05) is 13.2 Å². The number of hydrogen-bond donors (Lipinski definition) is 0. The second kappa shape index (κ2) is 7.05. The first-order valence-corrected chi connectivity index (χ1v) is 8.71. The molecule has 2 fully saturated rings. The van der Waals surface area contributed by atoms with Gasteiger partial charge in [0, 0.05) is 25.0 Å². The van der Waals surface area contributed by atoms with Crippen LogP contribution in [0.3, 0.4) is 0 Å². The monoisotopic (exact) mass is 328 g/mol. The molecule has 1 aliphatic heterocycles. The number of morpholine rings is 1. The molecule has 0 amide bonds. The third-order valence-corrected chi connectivity index (χ3v) is 4.99. The van der Waals surface area contributed by atoms with E-state index in [2.05, 4.69) is 16.0 Å². The number of pyridine rings is 1. The van der Waals surface area contributed by atoms with Crippen LogP contribution in [0.1, 0.15) is 29.9 Å². The molecule has 24 heavy (non-hydrogen) atoms. The Morgan fingerprint density at radius 3 is 3.04 bits per heavy atom. The Kier molecular flexibility index (Phi) is 4.65. The van der Waals surface area contributed by atoms with Crippen LogP contribution >= 0.6 is 0 Å². The minimum absolute atomic E-state index is 0.159. The van der Waals surface area contributed by atoms with Crippen LogP contribution in [-0.2, 0) is 22.6 Å². The maximum absolute atomic E-state index is 6.15. The molecule has 2 aromatic heterocycles. The molecule has 1 saturated carbocycles. The van der Waals surface area contributed by atoms with E-state index in [9.17, 15) is 0 Å². The maximum atomic E-state index is 6.15. The average Bonchev–Trinajstić information content (AvgIpc) is 3.21.